The Morgan fingerprint density at radius 1 is 1.19 bits per heavy atom. The van der Waals surface area contributed by atoms with Crippen LogP contribution in [0.25, 0.3) is 0 Å². The van der Waals surface area contributed by atoms with Gasteiger partial charge in [-0.3, -0.25) is 19.8 Å². The number of amides is 4. The Morgan fingerprint density at radius 3 is 2.33 bits per heavy atom. The standard InChI is InChI=1S/C18H23N5O3S/c1-9(2)14-21-22-18(27-14)20-17(26)19-7-8-23-15(24)12-10-3-4-11(6-5-10)13(12)16(23)25/h3-4,9-13H,5-8H2,1-2H3,(H2,19,20,22,26)/t10-,11-,12-,13+/m0/s1. The number of nitrogens with zero attached hydrogens (tertiary/aromatic N) is 3. The topological polar surface area (TPSA) is 104 Å². The molecule has 4 atom stereocenters. The smallest absolute Gasteiger partial charge is 0.321 e. The lowest BCUT2D eigenvalue weighted by molar-refractivity contribution is -0.140. The van der Waals surface area contributed by atoms with E-state index in [9.17, 15) is 14.4 Å². The molecule has 1 aliphatic heterocycles. The second-order valence-corrected chi connectivity index (χ2v) is 8.66. The molecule has 27 heavy (non-hydrogen) atoms. The molecule has 1 saturated heterocycles. The van der Waals surface area contributed by atoms with E-state index in [0.717, 1.165) is 17.8 Å². The molecule has 1 saturated carbocycles. The Bertz CT molecular complexity index is 773. The van der Waals surface area contributed by atoms with Crippen molar-refractivity contribution >= 4 is 34.3 Å². The second-order valence-electron chi connectivity index (χ2n) is 7.65. The van der Waals surface area contributed by atoms with Crippen molar-refractivity contribution in [3.63, 3.8) is 0 Å². The molecule has 2 bridgehead atoms. The van der Waals surface area contributed by atoms with E-state index < -0.39 is 6.03 Å². The van der Waals surface area contributed by atoms with Crippen molar-refractivity contribution in [3.05, 3.63) is 17.2 Å². The van der Waals surface area contributed by atoms with Crippen molar-refractivity contribution in [2.75, 3.05) is 18.4 Å². The molecule has 1 aromatic heterocycles. The van der Waals surface area contributed by atoms with Gasteiger partial charge in [-0.05, 0) is 24.7 Å². The zero-order valence-electron chi connectivity index (χ0n) is 15.3. The number of nitrogens with one attached hydrogen (secondary N) is 2. The summed E-state index contributed by atoms with van der Waals surface area (Å²) in [6, 6.07) is -0.417. The van der Waals surface area contributed by atoms with Gasteiger partial charge >= 0.3 is 6.03 Å². The number of fused-ring (bicyclic) bond motifs is 1. The lowest BCUT2D eigenvalue weighted by atomic mass is 9.63. The molecule has 5 rings (SSSR count). The summed E-state index contributed by atoms with van der Waals surface area (Å²) in [6.07, 6.45) is 6.17. The molecule has 4 amide bonds. The average Bonchev–Trinajstić information content (AvgIpc) is 3.22. The van der Waals surface area contributed by atoms with E-state index in [4.69, 9.17) is 0 Å². The van der Waals surface area contributed by atoms with E-state index in [-0.39, 0.29) is 54.5 Å². The highest BCUT2D eigenvalue weighted by molar-refractivity contribution is 7.15. The second kappa shape index (κ2) is 7.03. The first kappa shape index (κ1) is 18.1. The summed E-state index contributed by atoms with van der Waals surface area (Å²) in [5.74, 6) is 0.0444. The van der Waals surface area contributed by atoms with Crippen LogP contribution in [-0.2, 0) is 9.59 Å². The molecule has 0 spiro atoms. The number of rotatable bonds is 5. The van der Waals surface area contributed by atoms with Crippen molar-refractivity contribution in [2.45, 2.75) is 32.6 Å². The van der Waals surface area contributed by atoms with Crippen molar-refractivity contribution in [1.29, 1.82) is 0 Å². The van der Waals surface area contributed by atoms with Crippen LogP contribution in [0.5, 0.6) is 0 Å². The third kappa shape index (κ3) is 3.24. The third-order valence-electron chi connectivity index (χ3n) is 5.63. The normalized spacial score (nSPS) is 28.8. The maximum absolute atomic E-state index is 12.7. The highest BCUT2D eigenvalue weighted by Gasteiger charge is 2.56. The van der Waals surface area contributed by atoms with Gasteiger partial charge in [-0.25, -0.2) is 4.79 Å². The minimum atomic E-state index is -0.417. The molecule has 4 aliphatic rings. The van der Waals surface area contributed by atoms with Crippen LogP contribution in [-0.4, -0.2) is 46.0 Å². The van der Waals surface area contributed by atoms with Gasteiger partial charge in [0.15, 0.2) is 0 Å². The number of hydrogen-bond donors (Lipinski definition) is 2. The molecule has 2 heterocycles. The van der Waals surface area contributed by atoms with Gasteiger partial charge in [0.2, 0.25) is 16.9 Å². The van der Waals surface area contributed by atoms with Crippen LogP contribution >= 0.6 is 11.3 Å². The Balaban J connectivity index is 1.29. The summed E-state index contributed by atoms with van der Waals surface area (Å²) >= 11 is 1.33. The molecule has 1 aromatic rings. The fourth-order valence-corrected chi connectivity index (χ4v) is 5.04. The maximum atomic E-state index is 12.7. The fraction of sp³-hybridized carbons (Fsp3) is 0.611. The number of carbonyl (C=O) groups is 3. The summed E-state index contributed by atoms with van der Waals surface area (Å²) in [6.45, 7) is 4.42. The lowest BCUT2D eigenvalue weighted by Gasteiger charge is -2.38. The van der Waals surface area contributed by atoms with Crippen molar-refractivity contribution in [2.24, 2.45) is 23.7 Å². The summed E-state index contributed by atoms with van der Waals surface area (Å²) in [5, 5.41) is 14.5. The van der Waals surface area contributed by atoms with Crippen LogP contribution in [0, 0.1) is 23.7 Å². The van der Waals surface area contributed by atoms with Crippen LogP contribution < -0.4 is 10.6 Å². The molecule has 0 aromatic carbocycles. The Hall–Kier alpha value is -2.29. The molecule has 2 N–H and O–H groups in total. The van der Waals surface area contributed by atoms with E-state index >= 15 is 0 Å². The van der Waals surface area contributed by atoms with Crippen LogP contribution in [0.4, 0.5) is 9.93 Å². The number of hydrogen-bond acceptors (Lipinski definition) is 6. The minimum Gasteiger partial charge on any atom is -0.336 e. The monoisotopic (exact) mass is 389 g/mol. The van der Waals surface area contributed by atoms with Gasteiger partial charge in [-0.2, -0.15) is 0 Å². The first-order valence-corrected chi connectivity index (χ1v) is 10.2. The van der Waals surface area contributed by atoms with Crippen LogP contribution in [0.2, 0.25) is 0 Å². The molecule has 3 aliphatic carbocycles. The van der Waals surface area contributed by atoms with Crippen molar-refractivity contribution in [1.82, 2.24) is 20.4 Å². The van der Waals surface area contributed by atoms with Gasteiger partial charge in [0.1, 0.15) is 5.01 Å². The highest BCUT2D eigenvalue weighted by Crippen LogP contribution is 2.49. The van der Waals surface area contributed by atoms with E-state index in [1.165, 1.54) is 16.2 Å². The largest absolute Gasteiger partial charge is 0.336 e. The van der Waals surface area contributed by atoms with Crippen molar-refractivity contribution in [3.8, 4) is 0 Å². The van der Waals surface area contributed by atoms with Crippen LogP contribution in [0.15, 0.2) is 12.2 Å². The lowest BCUT2D eigenvalue weighted by Crippen LogP contribution is -2.40. The van der Waals surface area contributed by atoms with Gasteiger partial charge in [-0.15, -0.1) is 10.2 Å². The number of allylic oxidation sites excluding steroid dienone is 2. The number of aromatic nitrogens is 2. The van der Waals surface area contributed by atoms with Gasteiger partial charge in [0, 0.05) is 19.0 Å². The Labute approximate surface area is 161 Å². The zero-order valence-corrected chi connectivity index (χ0v) is 16.2. The van der Waals surface area contributed by atoms with E-state index in [1.807, 2.05) is 13.8 Å². The maximum Gasteiger partial charge on any atom is 0.321 e. The third-order valence-corrected chi connectivity index (χ3v) is 6.77. The number of imide groups is 1. The molecule has 0 radical (unpaired) electrons. The predicted molar refractivity (Wildman–Crippen MR) is 100 cm³/mol. The van der Waals surface area contributed by atoms with E-state index in [2.05, 4.69) is 33.0 Å². The highest BCUT2D eigenvalue weighted by atomic mass is 32.1. The van der Waals surface area contributed by atoms with Gasteiger partial charge in [-0.1, -0.05) is 37.3 Å². The average molecular weight is 389 g/mol. The first-order valence-electron chi connectivity index (χ1n) is 9.37. The van der Waals surface area contributed by atoms with Crippen LogP contribution in [0.3, 0.4) is 0 Å². The quantitative estimate of drug-likeness (QED) is 0.592. The number of anilines is 1. The Morgan fingerprint density at radius 2 is 1.81 bits per heavy atom. The molecule has 9 heteroatoms. The zero-order chi connectivity index (χ0) is 19.1. The summed E-state index contributed by atoms with van der Waals surface area (Å²) in [5.41, 5.74) is 0. The summed E-state index contributed by atoms with van der Waals surface area (Å²) < 4.78 is 0. The van der Waals surface area contributed by atoms with E-state index in [0.29, 0.717) is 5.13 Å². The van der Waals surface area contributed by atoms with Crippen molar-refractivity contribution < 1.29 is 14.4 Å². The number of carbonyl (C=O) groups excluding carboxylic acids is 3. The predicted octanol–water partition coefficient (Wildman–Crippen LogP) is 1.98. The number of urea groups is 1. The van der Waals surface area contributed by atoms with Gasteiger partial charge in [0.05, 0.1) is 11.8 Å². The fourth-order valence-electron chi connectivity index (χ4n) is 4.30. The molecular formula is C18H23N5O3S. The molecule has 2 fully saturated rings. The molecule has 144 valence electrons. The SMILES string of the molecule is CC(C)c1nnc(NC(=O)NCCN2C(=O)[C@@H]3[C@H](C2=O)[C@H]2C=C[C@H]3CC2)s1. The minimum absolute atomic E-state index is 0.0862. The van der Waals surface area contributed by atoms with Gasteiger partial charge in [0.25, 0.3) is 0 Å². The molecule has 8 nitrogen and oxygen atoms in total. The first-order chi connectivity index (χ1) is 13.0. The van der Waals surface area contributed by atoms with E-state index in [1.54, 1.807) is 0 Å². The molecule has 0 unspecified atom stereocenters. The Kier molecular flexibility index (Phi) is 4.71. The summed E-state index contributed by atoms with van der Waals surface area (Å²) in [4.78, 5) is 38.7. The summed E-state index contributed by atoms with van der Waals surface area (Å²) in [7, 11) is 0. The number of likely N-dealkylation sites (tertiary alicyclic amines) is 1. The van der Waals surface area contributed by atoms with Gasteiger partial charge < -0.3 is 5.32 Å². The van der Waals surface area contributed by atoms with Crippen LogP contribution in [0.1, 0.15) is 37.6 Å². The molecular weight excluding hydrogens is 366 g/mol.